The number of halogens is 2. The number of aryl methyl sites for hydroxylation is 2. The molecule has 0 N–H and O–H groups in total. The van der Waals surface area contributed by atoms with Crippen LogP contribution in [0.2, 0.25) is 0 Å². The number of aromatic nitrogens is 4. The molecule has 4 amide bonds. The fourth-order valence-corrected chi connectivity index (χ4v) is 5.00. The lowest BCUT2D eigenvalue weighted by Gasteiger charge is -2.30. The van der Waals surface area contributed by atoms with Crippen LogP contribution in [0.4, 0.5) is 9.59 Å². The Morgan fingerprint density at radius 3 is 1.26 bits per heavy atom. The number of piperazine rings is 2. The van der Waals surface area contributed by atoms with Gasteiger partial charge < -0.3 is 9.80 Å². The maximum Gasteiger partial charge on any atom is 0.443 e. The number of unbranched alkanes of at least 4 members (excludes halogenated alkanes) is 1. The van der Waals surface area contributed by atoms with Crippen LogP contribution in [0.3, 0.4) is 0 Å². The van der Waals surface area contributed by atoms with Crippen LogP contribution in [0.15, 0.2) is 37.4 Å². The number of carbonyl (C=O) groups is 4. The van der Waals surface area contributed by atoms with Gasteiger partial charge in [0.1, 0.15) is 24.2 Å². The van der Waals surface area contributed by atoms with E-state index in [-0.39, 0.29) is 35.6 Å². The summed E-state index contributed by atoms with van der Waals surface area (Å²) in [5, 5.41) is 0. The quantitative estimate of drug-likeness (QED) is 0.267. The minimum absolute atomic E-state index is 0.0363. The van der Waals surface area contributed by atoms with Crippen LogP contribution in [-0.4, -0.2) is 117 Å². The third-order valence-electron chi connectivity index (χ3n) is 6.94. The zero-order valence-corrected chi connectivity index (χ0v) is 22.8. The van der Waals surface area contributed by atoms with Crippen molar-refractivity contribution < 1.29 is 28.3 Å². The zero-order valence-electron chi connectivity index (χ0n) is 21.3. The van der Waals surface area contributed by atoms with E-state index < -0.39 is 0 Å². The van der Waals surface area contributed by atoms with E-state index in [9.17, 15) is 19.2 Å². The van der Waals surface area contributed by atoms with Gasteiger partial charge in [-0.25, -0.2) is 9.59 Å². The highest BCUT2D eigenvalue weighted by Gasteiger charge is 2.30. The van der Waals surface area contributed by atoms with Crippen LogP contribution < -0.4 is 9.13 Å². The molecule has 38 heavy (non-hydrogen) atoms. The molecule has 4 heterocycles. The van der Waals surface area contributed by atoms with Gasteiger partial charge in [0.2, 0.25) is 11.8 Å². The van der Waals surface area contributed by atoms with Gasteiger partial charge in [0.25, 0.3) is 0 Å². The Hall–Kier alpha value is -3.12. The van der Waals surface area contributed by atoms with Crippen molar-refractivity contribution in [3.05, 3.63) is 37.4 Å². The summed E-state index contributed by atoms with van der Waals surface area (Å²) < 4.78 is 7.12. The highest BCUT2D eigenvalue weighted by Crippen LogP contribution is 2.05. The second kappa shape index (κ2) is 13.1. The molecule has 206 valence electrons. The van der Waals surface area contributed by atoms with Crippen LogP contribution >= 0.6 is 23.2 Å². The lowest BCUT2D eigenvalue weighted by Crippen LogP contribution is -2.58. The largest absolute Gasteiger partial charge is 0.443 e. The van der Waals surface area contributed by atoms with E-state index in [1.165, 1.54) is 0 Å². The van der Waals surface area contributed by atoms with Crippen molar-refractivity contribution in [2.24, 2.45) is 0 Å². The molecule has 2 aromatic rings. The van der Waals surface area contributed by atoms with Crippen molar-refractivity contribution in [1.82, 2.24) is 28.7 Å². The number of imidazole rings is 2. The molecule has 0 aromatic carbocycles. The van der Waals surface area contributed by atoms with Crippen LogP contribution in [0.1, 0.15) is 12.8 Å². The maximum absolute atomic E-state index is 12.8. The summed E-state index contributed by atoms with van der Waals surface area (Å²) in [7, 11) is 0. The monoisotopic (exact) mass is 568 g/mol. The number of hydrogen-bond donors (Lipinski definition) is 0. The second-order valence-electron chi connectivity index (χ2n) is 9.39. The first-order valence-electron chi connectivity index (χ1n) is 12.8. The minimum atomic E-state index is -0.102. The van der Waals surface area contributed by atoms with Crippen molar-refractivity contribution in [3.63, 3.8) is 0 Å². The van der Waals surface area contributed by atoms with E-state index in [4.69, 9.17) is 23.2 Å². The molecule has 2 fully saturated rings. The third kappa shape index (κ3) is 6.84. The minimum Gasteiger partial charge on any atom is -0.335 e. The average molecular weight is 569 g/mol. The molecule has 12 nitrogen and oxygen atoms in total. The Morgan fingerprint density at radius 1 is 0.579 bits per heavy atom. The molecule has 2 aliphatic heterocycles. The van der Waals surface area contributed by atoms with E-state index >= 15 is 0 Å². The first-order chi connectivity index (χ1) is 18.4. The molecule has 14 heteroatoms. The fourth-order valence-electron chi connectivity index (χ4n) is 4.66. The van der Waals surface area contributed by atoms with Crippen molar-refractivity contribution in [2.45, 2.75) is 25.9 Å². The molecule has 0 bridgehead atoms. The molecule has 2 saturated heterocycles. The Morgan fingerprint density at radius 2 is 0.921 bits per heavy atom. The number of alkyl halides is 2. The number of hydrogen-bond acceptors (Lipinski definition) is 4. The van der Waals surface area contributed by atoms with Crippen LogP contribution in [0, 0.1) is 0 Å². The van der Waals surface area contributed by atoms with Crippen molar-refractivity contribution in [2.75, 3.05) is 64.1 Å². The van der Waals surface area contributed by atoms with Crippen molar-refractivity contribution in [1.29, 1.82) is 0 Å². The Bertz CT molecular complexity index is 1050. The van der Waals surface area contributed by atoms with Crippen molar-refractivity contribution >= 4 is 47.1 Å². The first kappa shape index (κ1) is 27.9. The number of amides is 4. The van der Waals surface area contributed by atoms with Gasteiger partial charge in [-0.2, -0.15) is 9.13 Å². The molecule has 0 saturated carbocycles. The predicted molar refractivity (Wildman–Crippen MR) is 138 cm³/mol. The molecule has 0 aliphatic carbocycles. The van der Waals surface area contributed by atoms with E-state index in [2.05, 4.69) is 0 Å². The molecule has 2 aliphatic rings. The summed E-state index contributed by atoms with van der Waals surface area (Å²) in [6.07, 6.45) is 12.7. The molecule has 0 unspecified atom stereocenters. The van der Waals surface area contributed by atoms with Gasteiger partial charge in [-0.3, -0.25) is 28.5 Å². The van der Waals surface area contributed by atoms with Crippen LogP contribution in [0.25, 0.3) is 0 Å². The van der Waals surface area contributed by atoms with Gasteiger partial charge in [0.05, 0.1) is 77.8 Å². The molecular formula is C24H34Cl2N8O4+2. The lowest BCUT2D eigenvalue weighted by molar-refractivity contribution is -0.578. The van der Waals surface area contributed by atoms with Gasteiger partial charge in [0, 0.05) is 0 Å². The molecule has 2 aromatic heterocycles. The smallest absolute Gasteiger partial charge is 0.335 e. The van der Waals surface area contributed by atoms with E-state index in [0.717, 1.165) is 25.9 Å². The molecule has 0 radical (unpaired) electrons. The highest BCUT2D eigenvalue weighted by atomic mass is 35.5. The summed E-state index contributed by atoms with van der Waals surface area (Å²) >= 11 is 11.2. The van der Waals surface area contributed by atoms with Gasteiger partial charge in [0.15, 0.2) is 12.7 Å². The summed E-state index contributed by atoms with van der Waals surface area (Å²) in [5.41, 5.74) is 0. The van der Waals surface area contributed by atoms with E-state index in [1.807, 2.05) is 21.5 Å². The number of rotatable bonds is 7. The summed E-state index contributed by atoms with van der Waals surface area (Å²) in [6, 6.07) is -0.203. The van der Waals surface area contributed by atoms with Gasteiger partial charge >= 0.3 is 12.1 Å². The van der Waals surface area contributed by atoms with Gasteiger partial charge in [-0.15, -0.1) is 23.2 Å². The summed E-state index contributed by atoms with van der Waals surface area (Å²) in [5.74, 6) is -0.277. The Kier molecular flexibility index (Phi) is 9.62. The molecule has 0 atom stereocenters. The zero-order chi connectivity index (χ0) is 27.1. The first-order valence-corrected chi connectivity index (χ1v) is 13.9. The lowest BCUT2D eigenvalue weighted by atomic mass is 10.3. The number of carbonyl (C=O) groups excluding carboxylic acids is 4. The SMILES string of the molecule is O=C(CCl)N1CCN(C(=O)[n+]2ccn(CCCCn3cc[n+](C(=O)N4CCN(C(=O)CCl)CC4)c3)c2)CC1. The van der Waals surface area contributed by atoms with E-state index in [1.54, 1.807) is 53.8 Å². The second-order valence-corrected chi connectivity index (χ2v) is 9.93. The normalized spacial score (nSPS) is 16.2. The Balaban J connectivity index is 1.17. The molecular weight excluding hydrogens is 535 g/mol. The maximum atomic E-state index is 12.8. The fraction of sp³-hybridized carbons (Fsp3) is 0.583. The topological polar surface area (TPSA) is 98.9 Å². The standard InChI is InChI=1S/C24H34Cl2N8O4/c25-17-21(35)29-9-13-31(14-10-29)23(37)33-7-5-27(19-33)3-1-2-4-28-6-8-34(20-28)24(38)32-15-11-30(12-16-32)22(36)18-26/h5-8,19-20H,1-4,9-18H2/q+2. The summed E-state index contributed by atoms with van der Waals surface area (Å²) in [6.45, 7) is 5.47. The van der Waals surface area contributed by atoms with Gasteiger partial charge in [-0.1, -0.05) is 0 Å². The van der Waals surface area contributed by atoms with Crippen LogP contribution in [0.5, 0.6) is 0 Å². The highest BCUT2D eigenvalue weighted by molar-refractivity contribution is 6.27. The summed E-state index contributed by atoms with van der Waals surface area (Å²) in [4.78, 5) is 55.9. The molecule has 0 spiro atoms. The third-order valence-corrected chi connectivity index (χ3v) is 7.40. The Labute approximate surface area is 231 Å². The average Bonchev–Trinajstić information content (AvgIpc) is 3.64. The number of nitrogens with zero attached hydrogens (tertiary/aromatic N) is 8. The predicted octanol–water partition coefficient (Wildman–Crippen LogP) is 0.0472. The molecule has 4 rings (SSSR count). The van der Waals surface area contributed by atoms with Gasteiger partial charge in [-0.05, 0) is 12.8 Å². The van der Waals surface area contributed by atoms with E-state index in [0.29, 0.717) is 52.4 Å². The van der Waals surface area contributed by atoms with Crippen LogP contribution in [-0.2, 0) is 22.7 Å². The van der Waals surface area contributed by atoms with Crippen molar-refractivity contribution in [3.8, 4) is 0 Å².